The second-order valence-corrected chi connectivity index (χ2v) is 5.28. The van der Waals surface area contributed by atoms with Crippen LogP contribution in [0, 0.1) is 0 Å². The van der Waals surface area contributed by atoms with E-state index in [-0.39, 0.29) is 23.6 Å². The van der Waals surface area contributed by atoms with Crippen LogP contribution in [0.2, 0.25) is 0 Å². The number of rotatable bonds is 4. The van der Waals surface area contributed by atoms with Gasteiger partial charge in [-0.15, -0.1) is 0 Å². The van der Waals surface area contributed by atoms with Gasteiger partial charge >= 0.3 is 6.18 Å². The van der Waals surface area contributed by atoms with Crippen molar-refractivity contribution in [2.75, 3.05) is 5.32 Å². The molecular weight excluding hydrogens is 351 g/mol. The average Bonchev–Trinajstić information content (AvgIpc) is 3.10. The molecule has 1 amide bonds. The minimum Gasteiger partial charge on any atom is -0.492 e. The van der Waals surface area contributed by atoms with Crippen LogP contribution in [-0.2, 0) is 17.4 Å². The standard InChI is InChI=1S/C16H12F3N5O2/c17-16(18,19)11-4-1-3-10(7-11)8-13(25)22-12-9-20-15(23-14(12)26)24-6-2-5-21-24/h1-7,9H,8H2,(H,22,25)(H,20,23,26). The molecule has 10 heteroatoms. The molecule has 3 rings (SSSR count). The average molecular weight is 363 g/mol. The summed E-state index contributed by atoms with van der Waals surface area (Å²) in [6.45, 7) is 0. The maximum atomic E-state index is 12.7. The van der Waals surface area contributed by atoms with E-state index in [0.29, 0.717) is 0 Å². The number of alkyl halides is 3. The number of nitrogens with zero attached hydrogens (tertiary/aromatic N) is 4. The summed E-state index contributed by atoms with van der Waals surface area (Å²) >= 11 is 0. The highest BCUT2D eigenvalue weighted by molar-refractivity contribution is 5.93. The summed E-state index contributed by atoms with van der Waals surface area (Å²) in [6, 6.07) is 6.11. The number of carbonyl (C=O) groups is 1. The van der Waals surface area contributed by atoms with E-state index in [1.807, 2.05) is 0 Å². The highest BCUT2D eigenvalue weighted by Crippen LogP contribution is 2.29. The first-order valence-electron chi connectivity index (χ1n) is 7.35. The molecule has 2 N–H and O–H groups in total. The van der Waals surface area contributed by atoms with Gasteiger partial charge in [0.1, 0.15) is 5.69 Å². The first kappa shape index (κ1) is 17.4. The maximum absolute atomic E-state index is 12.7. The normalized spacial score (nSPS) is 11.3. The van der Waals surface area contributed by atoms with Crippen LogP contribution in [0.4, 0.5) is 18.9 Å². The van der Waals surface area contributed by atoms with Crippen molar-refractivity contribution < 1.29 is 23.1 Å². The van der Waals surface area contributed by atoms with Crippen molar-refractivity contribution in [2.24, 2.45) is 0 Å². The molecule has 0 radical (unpaired) electrons. The van der Waals surface area contributed by atoms with E-state index in [0.717, 1.165) is 12.1 Å². The molecule has 26 heavy (non-hydrogen) atoms. The smallest absolute Gasteiger partial charge is 0.416 e. The van der Waals surface area contributed by atoms with Gasteiger partial charge in [0.05, 0.1) is 18.2 Å². The first-order valence-corrected chi connectivity index (χ1v) is 7.35. The Labute approximate surface area is 145 Å². The van der Waals surface area contributed by atoms with E-state index in [9.17, 15) is 23.1 Å². The third kappa shape index (κ3) is 3.97. The van der Waals surface area contributed by atoms with Gasteiger partial charge in [0, 0.05) is 12.4 Å². The monoisotopic (exact) mass is 363 g/mol. The number of carbonyl (C=O) groups excluding carboxylic acids is 1. The molecule has 0 aliphatic rings. The molecule has 0 saturated heterocycles. The van der Waals surface area contributed by atoms with Gasteiger partial charge in [-0.1, -0.05) is 18.2 Å². The maximum Gasteiger partial charge on any atom is 0.416 e. The third-order valence-corrected chi connectivity index (χ3v) is 3.36. The lowest BCUT2D eigenvalue weighted by molar-refractivity contribution is -0.137. The molecule has 2 heterocycles. The Bertz CT molecular complexity index is 926. The fourth-order valence-electron chi connectivity index (χ4n) is 2.19. The fraction of sp³-hybridized carbons (Fsp3) is 0.125. The number of nitrogens with one attached hydrogen (secondary N) is 1. The quantitative estimate of drug-likeness (QED) is 0.743. The van der Waals surface area contributed by atoms with Crippen LogP contribution in [-0.4, -0.2) is 30.8 Å². The highest BCUT2D eigenvalue weighted by atomic mass is 19.4. The summed E-state index contributed by atoms with van der Waals surface area (Å²) in [4.78, 5) is 19.8. The predicted octanol–water partition coefficient (Wildman–Crippen LogP) is 2.57. The number of benzene rings is 1. The highest BCUT2D eigenvalue weighted by Gasteiger charge is 2.30. The molecule has 0 fully saturated rings. The van der Waals surface area contributed by atoms with Gasteiger partial charge in [0.2, 0.25) is 11.8 Å². The van der Waals surface area contributed by atoms with Gasteiger partial charge in [0.15, 0.2) is 0 Å². The summed E-state index contributed by atoms with van der Waals surface area (Å²) in [5, 5.41) is 16.2. The summed E-state index contributed by atoms with van der Waals surface area (Å²) in [5.41, 5.74) is -0.707. The Hall–Kier alpha value is -3.43. The van der Waals surface area contributed by atoms with Crippen LogP contribution in [0.5, 0.6) is 5.88 Å². The Morgan fingerprint density at radius 2 is 2.08 bits per heavy atom. The predicted molar refractivity (Wildman–Crippen MR) is 84.6 cm³/mol. The van der Waals surface area contributed by atoms with E-state index in [2.05, 4.69) is 20.4 Å². The van der Waals surface area contributed by atoms with Crippen LogP contribution in [0.1, 0.15) is 11.1 Å². The number of hydrogen-bond donors (Lipinski definition) is 2. The van der Waals surface area contributed by atoms with Crippen LogP contribution in [0.25, 0.3) is 5.95 Å². The molecule has 0 aliphatic heterocycles. The van der Waals surface area contributed by atoms with Crippen molar-refractivity contribution in [3.8, 4) is 11.8 Å². The van der Waals surface area contributed by atoms with Crippen LogP contribution >= 0.6 is 0 Å². The molecule has 7 nitrogen and oxygen atoms in total. The fourth-order valence-corrected chi connectivity index (χ4v) is 2.19. The van der Waals surface area contributed by atoms with Crippen LogP contribution in [0.3, 0.4) is 0 Å². The van der Waals surface area contributed by atoms with E-state index in [4.69, 9.17) is 0 Å². The van der Waals surface area contributed by atoms with Gasteiger partial charge in [-0.2, -0.15) is 23.3 Å². The Kier molecular flexibility index (Phi) is 4.57. The zero-order chi connectivity index (χ0) is 18.7. The second kappa shape index (κ2) is 6.82. The summed E-state index contributed by atoms with van der Waals surface area (Å²) < 4.78 is 39.4. The van der Waals surface area contributed by atoms with E-state index in [1.54, 1.807) is 12.3 Å². The van der Waals surface area contributed by atoms with Gasteiger partial charge in [-0.25, -0.2) is 9.67 Å². The molecule has 0 aliphatic carbocycles. The molecule has 0 saturated carbocycles. The molecule has 0 atom stereocenters. The van der Waals surface area contributed by atoms with Crippen LogP contribution in [0.15, 0.2) is 48.9 Å². The Balaban J connectivity index is 1.71. The van der Waals surface area contributed by atoms with Crippen molar-refractivity contribution in [1.82, 2.24) is 19.7 Å². The summed E-state index contributed by atoms with van der Waals surface area (Å²) in [6.07, 6.45) is -0.527. The SMILES string of the molecule is O=C(Cc1cccc(C(F)(F)F)c1)Nc1cnc(-n2cccn2)nc1O. The van der Waals surface area contributed by atoms with Crippen molar-refractivity contribution in [3.05, 3.63) is 60.0 Å². The molecule has 0 bridgehead atoms. The number of aromatic nitrogens is 4. The van der Waals surface area contributed by atoms with Crippen LogP contribution < -0.4 is 5.32 Å². The number of hydrogen-bond acceptors (Lipinski definition) is 5. The lowest BCUT2D eigenvalue weighted by Gasteiger charge is -2.10. The number of aromatic hydroxyl groups is 1. The van der Waals surface area contributed by atoms with Gasteiger partial charge in [-0.05, 0) is 17.7 Å². The number of amides is 1. The van der Waals surface area contributed by atoms with Gasteiger partial charge < -0.3 is 10.4 Å². The number of halogens is 3. The zero-order valence-electron chi connectivity index (χ0n) is 13.1. The van der Waals surface area contributed by atoms with Crippen molar-refractivity contribution in [1.29, 1.82) is 0 Å². The molecule has 0 unspecified atom stereocenters. The van der Waals surface area contributed by atoms with Crippen molar-refractivity contribution in [2.45, 2.75) is 12.6 Å². The van der Waals surface area contributed by atoms with Gasteiger partial charge in [0.25, 0.3) is 5.95 Å². The third-order valence-electron chi connectivity index (χ3n) is 3.36. The van der Waals surface area contributed by atoms with Crippen molar-refractivity contribution >= 4 is 11.6 Å². The molecule has 0 spiro atoms. The minimum absolute atomic E-state index is 0.0575. The molecule has 134 valence electrons. The Morgan fingerprint density at radius 1 is 1.27 bits per heavy atom. The summed E-state index contributed by atoms with van der Waals surface area (Å²) in [7, 11) is 0. The topological polar surface area (TPSA) is 92.9 Å². The Morgan fingerprint density at radius 3 is 2.73 bits per heavy atom. The van der Waals surface area contributed by atoms with Gasteiger partial charge in [-0.3, -0.25) is 4.79 Å². The summed E-state index contributed by atoms with van der Waals surface area (Å²) in [5.74, 6) is -0.999. The number of anilines is 1. The van der Waals surface area contributed by atoms with E-state index in [1.165, 1.54) is 29.2 Å². The minimum atomic E-state index is -4.49. The van der Waals surface area contributed by atoms with E-state index >= 15 is 0 Å². The zero-order valence-corrected chi connectivity index (χ0v) is 13.1. The van der Waals surface area contributed by atoms with E-state index < -0.39 is 23.5 Å². The second-order valence-electron chi connectivity index (χ2n) is 5.28. The molecule has 3 aromatic rings. The lowest BCUT2D eigenvalue weighted by atomic mass is 10.1. The largest absolute Gasteiger partial charge is 0.492 e. The lowest BCUT2D eigenvalue weighted by Crippen LogP contribution is -2.16. The molecule has 1 aromatic carbocycles. The molecular formula is C16H12F3N5O2. The molecule has 2 aromatic heterocycles. The first-order chi connectivity index (χ1) is 12.3. The van der Waals surface area contributed by atoms with Crippen molar-refractivity contribution in [3.63, 3.8) is 0 Å².